The Labute approximate surface area is 123 Å². The number of nitrogens with zero attached hydrogens (tertiary/aromatic N) is 2. The fourth-order valence-corrected chi connectivity index (χ4v) is 3.02. The molecule has 1 aliphatic rings. The molecule has 1 saturated heterocycles. The SMILES string of the molecule is COc1ccc2c(c1)nc(C(C)Cl)n2C1(C)CCOC1. The number of alkyl halides is 1. The Morgan fingerprint density at radius 2 is 2.30 bits per heavy atom. The molecule has 2 unspecified atom stereocenters. The van der Waals surface area contributed by atoms with Crippen LogP contribution >= 0.6 is 11.6 Å². The van der Waals surface area contributed by atoms with Crippen molar-refractivity contribution in [3.05, 3.63) is 24.0 Å². The number of ether oxygens (including phenoxy) is 2. The average molecular weight is 295 g/mol. The van der Waals surface area contributed by atoms with Gasteiger partial charge in [0.15, 0.2) is 0 Å². The number of fused-ring (bicyclic) bond motifs is 1. The molecule has 1 aromatic heterocycles. The lowest BCUT2D eigenvalue weighted by atomic mass is 10.0. The molecule has 0 N–H and O–H groups in total. The molecule has 2 atom stereocenters. The Balaban J connectivity index is 2.24. The first-order valence-corrected chi connectivity index (χ1v) is 7.27. The first-order valence-electron chi connectivity index (χ1n) is 6.84. The highest BCUT2D eigenvalue weighted by atomic mass is 35.5. The van der Waals surface area contributed by atoms with Gasteiger partial charge in [0.25, 0.3) is 0 Å². The van der Waals surface area contributed by atoms with Crippen LogP contribution in [0, 0.1) is 0 Å². The smallest absolute Gasteiger partial charge is 0.128 e. The van der Waals surface area contributed by atoms with Gasteiger partial charge >= 0.3 is 0 Å². The lowest BCUT2D eigenvalue weighted by Gasteiger charge is -2.28. The summed E-state index contributed by atoms with van der Waals surface area (Å²) in [5, 5.41) is -0.147. The van der Waals surface area contributed by atoms with Gasteiger partial charge in [0, 0.05) is 12.7 Å². The standard InChI is InChI=1S/C15H19ClN2O2/c1-10(16)14-17-12-8-11(19-3)4-5-13(12)18(14)15(2)6-7-20-9-15/h4-5,8,10H,6-7,9H2,1-3H3. The van der Waals surface area contributed by atoms with E-state index in [1.165, 1.54) is 0 Å². The van der Waals surface area contributed by atoms with Crippen LogP contribution in [0.3, 0.4) is 0 Å². The van der Waals surface area contributed by atoms with Crippen LogP contribution < -0.4 is 4.74 Å². The van der Waals surface area contributed by atoms with E-state index in [1.54, 1.807) is 7.11 Å². The molecule has 108 valence electrons. The third kappa shape index (κ3) is 2.07. The number of hydrogen-bond donors (Lipinski definition) is 0. The van der Waals surface area contributed by atoms with Crippen molar-refractivity contribution in [2.75, 3.05) is 20.3 Å². The summed E-state index contributed by atoms with van der Waals surface area (Å²) in [6.07, 6.45) is 0.973. The third-order valence-electron chi connectivity index (χ3n) is 3.98. The maximum atomic E-state index is 6.34. The molecule has 2 aromatic rings. The molecule has 0 bridgehead atoms. The maximum absolute atomic E-state index is 6.34. The second-order valence-corrected chi connectivity index (χ2v) is 6.23. The van der Waals surface area contributed by atoms with Crippen LogP contribution in [0.25, 0.3) is 11.0 Å². The van der Waals surface area contributed by atoms with Gasteiger partial charge in [-0.25, -0.2) is 4.98 Å². The Hall–Kier alpha value is -1.26. The molecule has 3 rings (SSSR count). The topological polar surface area (TPSA) is 36.3 Å². The summed E-state index contributed by atoms with van der Waals surface area (Å²) < 4.78 is 13.1. The fourth-order valence-electron chi connectivity index (χ4n) is 2.87. The van der Waals surface area contributed by atoms with Crippen molar-refractivity contribution < 1.29 is 9.47 Å². The van der Waals surface area contributed by atoms with Crippen LogP contribution in [-0.2, 0) is 10.3 Å². The lowest BCUT2D eigenvalue weighted by molar-refractivity contribution is 0.162. The zero-order valence-electron chi connectivity index (χ0n) is 12.0. The van der Waals surface area contributed by atoms with E-state index in [-0.39, 0.29) is 10.9 Å². The average Bonchev–Trinajstić information content (AvgIpc) is 3.02. The van der Waals surface area contributed by atoms with Crippen LogP contribution in [0.5, 0.6) is 5.75 Å². The van der Waals surface area contributed by atoms with E-state index < -0.39 is 0 Å². The number of hydrogen-bond acceptors (Lipinski definition) is 3. The van der Waals surface area contributed by atoms with Crippen LogP contribution in [-0.4, -0.2) is 29.9 Å². The number of imidazole rings is 1. The largest absolute Gasteiger partial charge is 0.497 e. The minimum Gasteiger partial charge on any atom is -0.497 e. The van der Waals surface area contributed by atoms with Crippen molar-refractivity contribution in [2.45, 2.75) is 31.2 Å². The van der Waals surface area contributed by atoms with E-state index in [0.29, 0.717) is 6.61 Å². The first-order chi connectivity index (χ1) is 9.55. The molecule has 20 heavy (non-hydrogen) atoms. The van der Waals surface area contributed by atoms with Gasteiger partial charge in [-0.15, -0.1) is 11.6 Å². The Bertz CT molecular complexity index is 630. The highest BCUT2D eigenvalue weighted by Crippen LogP contribution is 2.36. The second-order valence-electron chi connectivity index (χ2n) is 5.58. The summed E-state index contributed by atoms with van der Waals surface area (Å²) in [5.41, 5.74) is 1.92. The highest BCUT2D eigenvalue weighted by molar-refractivity contribution is 6.20. The van der Waals surface area contributed by atoms with Crippen molar-refractivity contribution in [3.8, 4) is 5.75 Å². The molecule has 0 saturated carbocycles. The number of halogens is 1. The van der Waals surface area contributed by atoms with Crippen LogP contribution in [0.2, 0.25) is 0 Å². The van der Waals surface area contributed by atoms with Crippen LogP contribution in [0.15, 0.2) is 18.2 Å². The fraction of sp³-hybridized carbons (Fsp3) is 0.533. The predicted octanol–water partition coefficient (Wildman–Crippen LogP) is 3.48. The van der Waals surface area contributed by atoms with E-state index in [9.17, 15) is 0 Å². The minimum atomic E-state index is -0.147. The first kappa shape index (κ1) is 13.7. The molecule has 0 amide bonds. The van der Waals surface area contributed by atoms with E-state index in [0.717, 1.165) is 35.6 Å². The summed E-state index contributed by atoms with van der Waals surface area (Å²) in [4.78, 5) is 4.71. The third-order valence-corrected chi connectivity index (χ3v) is 4.18. The quantitative estimate of drug-likeness (QED) is 0.813. The van der Waals surface area contributed by atoms with E-state index in [4.69, 9.17) is 26.1 Å². The molecule has 0 spiro atoms. The Morgan fingerprint density at radius 3 is 2.90 bits per heavy atom. The number of rotatable bonds is 3. The number of benzene rings is 1. The van der Waals surface area contributed by atoms with Crippen molar-refractivity contribution >= 4 is 22.6 Å². The van der Waals surface area contributed by atoms with Gasteiger partial charge in [0.2, 0.25) is 0 Å². The van der Waals surface area contributed by atoms with Gasteiger partial charge in [-0.1, -0.05) is 0 Å². The second kappa shape index (κ2) is 4.93. The van der Waals surface area contributed by atoms with Gasteiger partial charge in [0.05, 0.1) is 35.7 Å². The molecule has 2 heterocycles. The summed E-state index contributed by atoms with van der Waals surface area (Å²) in [5.74, 6) is 1.70. The molecule has 4 nitrogen and oxygen atoms in total. The van der Waals surface area contributed by atoms with Gasteiger partial charge in [-0.2, -0.15) is 0 Å². The molecule has 1 aliphatic heterocycles. The lowest BCUT2D eigenvalue weighted by Crippen LogP contribution is -2.32. The van der Waals surface area contributed by atoms with Crippen molar-refractivity contribution in [1.29, 1.82) is 0 Å². The Morgan fingerprint density at radius 1 is 1.50 bits per heavy atom. The molecular weight excluding hydrogens is 276 g/mol. The van der Waals surface area contributed by atoms with Crippen LogP contribution in [0.1, 0.15) is 31.5 Å². The van der Waals surface area contributed by atoms with Gasteiger partial charge in [-0.05, 0) is 32.4 Å². The van der Waals surface area contributed by atoms with E-state index in [2.05, 4.69) is 11.5 Å². The molecule has 5 heteroatoms. The monoisotopic (exact) mass is 294 g/mol. The highest BCUT2D eigenvalue weighted by Gasteiger charge is 2.35. The zero-order valence-corrected chi connectivity index (χ0v) is 12.8. The summed E-state index contributed by atoms with van der Waals surface area (Å²) in [6.45, 7) is 5.63. The molecule has 1 aromatic carbocycles. The van der Waals surface area contributed by atoms with Crippen LogP contribution in [0.4, 0.5) is 0 Å². The maximum Gasteiger partial charge on any atom is 0.128 e. The zero-order chi connectivity index (χ0) is 14.3. The van der Waals surface area contributed by atoms with Crippen molar-refractivity contribution in [3.63, 3.8) is 0 Å². The number of methoxy groups -OCH3 is 1. The molecular formula is C15H19ClN2O2. The van der Waals surface area contributed by atoms with Crippen molar-refractivity contribution in [2.24, 2.45) is 0 Å². The van der Waals surface area contributed by atoms with E-state index >= 15 is 0 Å². The summed E-state index contributed by atoms with van der Waals surface area (Å²) in [6, 6.07) is 5.96. The Kier molecular flexibility index (Phi) is 3.38. The molecule has 0 radical (unpaired) electrons. The predicted molar refractivity (Wildman–Crippen MR) is 79.6 cm³/mol. The summed E-state index contributed by atoms with van der Waals surface area (Å²) in [7, 11) is 1.66. The van der Waals surface area contributed by atoms with Gasteiger partial charge < -0.3 is 14.0 Å². The van der Waals surface area contributed by atoms with E-state index in [1.807, 2.05) is 25.1 Å². The molecule has 0 aliphatic carbocycles. The minimum absolute atomic E-state index is 0.0815. The van der Waals surface area contributed by atoms with Gasteiger partial charge in [-0.3, -0.25) is 0 Å². The molecule has 1 fully saturated rings. The normalized spacial score (nSPS) is 24.2. The van der Waals surface area contributed by atoms with Gasteiger partial charge in [0.1, 0.15) is 11.6 Å². The number of aromatic nitrogens is 2. The summed E-state index contributed by atoms with van der Waals surface area (Å²) >= 11 is 6.34. The van der Waals surface area contributed by atoms with Crippen molar-refractivity contribution in [1.82, 2.24) is 9.55 Å².